The van der Waals surface area contributed by atoms with Crippen LogP contribution < -0.4 is 0 Å². The van der Waals surface area contributed by atoms with E-state index in [0.29, 0.717) is 0 Å². The van der Waals surface area contributed by atoms with E-state index in [-0.39, 0.29) is 5.41 Å². The summed E-state index contributed by atoms with van der Waals surface area (Å²) in [5, 5.41) is 0. The molecule has 0 aromatic rings. The average molecular weight is 204 g/mol. The Morgan fingerprint density at radius 3 is 2.00 bits per heavy atom. The third-order valence-corrected chi connectivity index (χ3v) is 5.48. The summed E-state index contributed by atoms with van der Waals surface area (Å²) in [5.41, 5.74) is 0.190. The van der Waals surface area contributed by atoms with Crippen LogP contribution in [0.4, 0.5) is 0 Å². The number of aldehydes is 1. The molecule has 0 heterocycles. The van der Waals surface area contributed by atoms with E-state index in [0.717, 1.165) is 36.4 Å². The van der Waals surface area contributed by atoms with E-state index in [4.69, 9.17) is 0 Å². The van der Waals surface area contributed by atoms with Gasteiger partial charge in [-0.15, -0.1) is 6.58 Å². The molecule has 0 aromatic carbocycles. The molecule has 4 saturated carbocycles. The molecule has 0 radical (unpaired) electrons. The fourth-order valence-electron chi connectivity index (χ4n) is 4.96. The maximum absolute atomic E-state index is 10.9. The number of carbonyl (C=O) groups is 1. The first-order valence-electron chi connectivity index (χ1n) is 6.35. The van der Waals surface area contributed by atoms with Gasteiger partial charge in [-0.2, -0.15) is 0 Å². The first kappa shape index (κ1) is 9.62. The second kappa shape index (κ2) is 3.20. The van der Waals surface area contributed by atoms with Gasteiger partial charge in [0.05, 0.1) is 0 Å². The minimum Gasteiger partial charge on any atom is -0.303 e. The van der Waals surface area contributed by atoms with Crippen molar-refractivity contribution in [3.8, 4) is 0 Å². The van der Waals surface area contributed by atoms with Crippen molar-refractivity contribution < 1.29 is 4.79 Å². The van der Waals surface area contributed by atoms with Crippen LogP contribution in [0, 0.1) is 29.1 Å². The Hall–Kier alpha value is -0.590. The number of carbonyl (C=O) groups excluding carboxylic acids is 1. The van der Waals surface area contributed by atoms with E-state index in [2.05, 4.69) is 12.7 Å². The van der Waals surface area contributed by atoms with E-state index in [1.165, 1.54) is 32.1 Å². The van der Waals surface area contributed by atoms with Crippen LogP contribution >= 0.6 is 0 Å². The summed E-state index contributed by atoms with van der Waals surface area (Å²) in [6, 6.07) is 0. The summed E-state index contributed by atoms with van der Waals surface area (Å²) < 4.78 is 0. The summed E-state index contributed by atoms with van der Waals surface area (Å²) in [6.45, 7) is 4.04. The Balaban J connectivity index is 1.95. The topological polar surface area (TPSA) is 17.1 Å². The Morgan fingerprint density at radius 1 is 1.07 bits per heavy atom. The van der Waals surface area contributed by atoms with E-state index in [1.54, 1.807) is 0 Å². The molecule has 4 bridgehead atoms. The lowest BCUT2D eigenvalue weighted by Gasteiger charge is -2.60. The molecular formula is C14H20O. The molecule has 4 aliphatic rings. The Kier molecular flexibility index (Phi) is 2.05. The van der Waals surface area contributed by atoms with Gasteiger partial charge in [0.25, 0.3) is 0 Å². The minimum atomic E-state index is 0.190. The highest BCUT2D eigenvalue weighted by atomic mass is 16.1. The number of hydrogen-bond donors (Lipinski definition) is 0. The molecule has 15 heavy (non-hydrogen) atoms. The molecule has 4 aliphatic carbocycles. The molecular weight excluding hydrogens is 184 g/mol. The minimum absolute atomic E-state index is 0.190. The normalized spacial score (nSPS) is 51.7. The highest BCUT2D eigenvalue weighted by Gasteiger charge is 2.55. The smallest absolute Gasteiger partial charge is 0.120 e. The zero-order valence-corrected chi connectivity index (χ0v) is 9.32. The molecule has 1 nitrogen and oxygen atoms in total. The molecule has 0 amide bonds. The first-order chi connectivity index (χ1) is 7.28. The summed E-state index contributed by atoms with van der Waals surface area (Å²) in [6.07, 6.45) is 10.9. The maximum atomic E-state index is 10.9. The van der Waals surface area contributed by atoms with Crippen LogP contribution in [0.1, 0.15) is 38.5 Å². The number of allylic oxidation sites excluding steroid dienone is 1. The molecule has 0 N–H and O–H groups in total. The van der Waals surface area contributed by atoms with Gasteiger partial charge < -0.3 is 4.79 Å². The third-order valence-electron chi connectivity index (χ3n) is 5.48. The van der Waals surface area contributed by atoms with Gasteiger partial charge in [-0.1, -0.05) is 6.08 Å². The van der Waals surface area contributed by atoms with Gasteiger partial charge in [0.15, 0.2) is 0 Å². The van der Waals surface area contributed by atoms with Gasteiger partial charge in [-0.25, -0.2) is 0 Å². The SMILES string of the molecule is C=CC1(CC=O)C2CC3CC(C2)CC1C3. The van der Waals surface area contributed by atoms with Crippen LogP contribution in [0.15, 0.2) is 12.7 Å². The van der Waals surface area contributed by atoms with Crippen molar-refractivity contribution in [3.05, 3.63) is 12.7 Å². The summed E-state index contributed by atoms with van der Waals surface area (Å²) in [4.78, 5) is 10.9. The van der Waals surface area contributed by atoms with Gasteiger partial charge in [0, 0.05) is 11.8 Å². The largest absolute Gasteiger partial charge is 0.303 e. The fourth-order valence-corrected chi connectivity index (χ4v) is 4.96. The molecule has 0 saturated heterocycles. The van der Waals surface area contributed by atoms with Crippen LogP contribution in [-0.4, -0.2) is 6.29 Å². The Bertz CT molecular complexity index is 264. The second-order valence-corrected chi connectivity index (χ2v) is 5.99. The lowest BCUT2D eigenvalue weighted by Crippen LogP contribution is -2.52. The maximum Gasteiger partial charge on any atom is 0.120 e. The van der Waals surface area contributed by atoms with Crippen LogP contribution in [-0.2, 0) is 4.79 Å². The molecule has 0 spiro atoms. The van der Waals surface area contributed by atoms with Crippen LogP contribution in [0.5, 0.6) is 0 Å². The van der Waals surface area contributed by atoms with Crippen LogP contribution in [0.3, 0.4) is 0 Å². The summed E-state index contributed by atoms with van der Waals surface area (Å²) in [5.74, 6) is 3.51. The zero-order valence-electron chi connectivity index (χ0n) is 9.32. The standard InChI is InChI=1S/C14H20O/c1-2-14(3-4-15)12-6-10-5-11(8-12)9-13(14)7-10/h2,4,10-13H,1,3,5-9H2. The van der Waals surface area contributed by atoms with Crippen molar-refractivity contribution in [2.24, 2.45) is 29.1 Å². The van der Waals surface area contributed by atoms with Crippen molar-refractivity contribution in [1.29, 1.82) is 0 Å². The quantitative estimate of drug-likeness (QED) is 0.509. The summed E-state index contributed by atoms with van der Waals surface area (Å²) >= 11 is 0. The van der Waals surface area contributed by atoms with Gasteiger partial charge in [0.2, 0.25) is 0 Å². The van der Waals surface area contributed by atoms with E-state index in [1.807, 2.05) is 0 Å². The zero-order chi connectivity index (χ0) is 10.5. The molecule has 82 valence electrons. The van der Waals surface area contributed by atoms with E-state index < -0.39 is 0 Å². The van der Waals surface area contributed by atoms with Crippen molar-refractivity contribution in [3.63, 3.8) is 0 Å². The fraction of sp³-hybridized carbons (Fsp3) is 0.786. The van der Waals surface area contributed by atoms with Crippen LogP contribution in [0.25, 0.3) is 0 Å². The lowest BCUT2D eigenvalue weighted by atomic mass is 9.45. The average Bonchev–Trinajstić information content (AvgIpc) is 2.23. The molecule has 0 aliphatic heterocycles. The van der Waals surface area contributed by atoms with E-state index >= 15 is 0 Å². The molecule has 4 rings (SSSR count). The Morgan fingerprint density at radius 2 is 1.60 bits per heavy atom. The molecule has 4 fully saturated rings. The number of hydrogen-bond acceptors (Lipinski definition) is 1. The van der Waals surface area contributed by atoms with Gasteiger partial charge >= 0.3 is 0 Å². The molecule has 1 heteroatoms. The highest BCUT2D eigenvalue weighted by molar-refractivity contribution is 5.52. The molecule has 0 unspecified atom stereocenters. The van der Waals surface area contributed by atoms with Crippen molar-refractivity contribution in [2.75, 3.05) is 0 Å². The monoisotopic (exact) mass is 204 g/mol. The second-order valence-electron chi connectivity index (χ2n) is 5.99. The van der Waals surface area contributed by atoms with Crippen molar-refractivity contribution in [1.82, 2.24) is 0 Å². The molecule has 0 aromatic heterocycles. The van der Waals surface area contributed by atoms with Gasteiger partial charge in [-0.05, 0) is 55.8 Å². The van der Waals surface area contributed by atoms with Gasteiger partial charge in [0.1, 0.15) is 6.29 Å². The van der Waals surface area contributed by atoms with Crippen molar-refractivity contribution >= 4 is 6.29 Å². The highest BCUT2D eigenvalue weighted by Crippen LogP contribution is 2.63. The van der Waals surface area contributed by atoms with Gasteiger partial charge in [-0.3, -0.25) is 0 Å². The van der Waals surface area contributed by atoms with Crippen molar-refractivity contribution in [2.45, 2.75) is 38.5 Å². The molecule has 0 atom stereocenters. The number of rotatable bonds is 3. The summed E-state index contributed by atoms with van der Waals surface area (Å²) in [7, 11) is 0. The predicted molar refractivity (Wildman–Crippen MR) is 60.4 cm³/mol. The lowest BCUT2D eigenvalue weighted by molar-refractivity contribution is -0.119. The predicted octanol–water partition coefficient (Wildman–Crippen LogP) is 3.20. The third kappa shape index (κ3) is 1.18. The van der Waals surface area contributed by atoms with Crippen LogP contribution in [0.2, 0.25) is 0 Å². The van der Waals surface area contributed by atoms with E-state index in [9.17, 15) is 4.79 Å². The first-order valence-corrected chi connectivity index (χ1v) is 6.35. The Labute approximate surface area is 91.9 Å².